The summed E-state index contributed by atoms with van der Waals surface area (Å²) < 4.78 is 0. The Balaban J connectivity index is -0.000000180. The maximum atomic E-state index is 10.6. The van der Waals surface area contributed by atoms with Crippen LogP contribution >= 0.6 is 0 Å². The minimum Gasteiger partial charge on any atom is -0.480 e. The average Bonchev–Trinajstić information content (AvgIpc) is 2.22. The van der Waals surface area contributed by atoms with Gasteiger partial charge in [0, 0.05) is 72.2 Å². The summed E-state index contributed by atoms with van der Waals surface area (Å²) >= 11 is 0. The summed E-state index contributed by atoms with van der Waals surface area (Å²) in [6.07, 6.45) is 0. The van der Waals surface area contributed by atoms with Crippen LogP contribution in [0.2, 0.25) is 0 Å². The minimum atomic E-state index is -1.23. The van der Waals surface area contributed by atoms with Crippen molar-refractivity contribution >= 4 is 83.0 Å². The predicted octanol–water partition coefficient (Wildman–Crippen LogP) is -5.31. The van der Waals surface area contributed by atoms with Gasteiger partial charge in [-0.3, -0.25) is 29.0 Å². The second-order valence-corrected chi connectivity index (χ2v) is 4.00. The normalized spacial score (nSPS) is 8.56. The molecule has 2 radical (unpaired) electrons. The third-order valence-electron chi connectivity index (χ3n) is 2.17. The van der Waals surface area contributed by atoms with Gasteiger partial charge in [-0.2, -0.15) is 0 Å². The molecule has 0 aliphatic heterocycles. The molecule has 0 saturated carbocycles. The van der Waals surface area contributed by atoms with Gasteiger partial charge in [0.1, 0.15) is 0 Å². The van der Waals surface area contributed by atoms with Crippen molar-refractivity contribution < 1.29 is 56.0 Å². The van der Waals surface area contributed by atoms with E-state index in [4.69, 9.17) is 20.4 Å². The van der Waals surface area contributed by atoms with Crippen LogP contribution in [0, 0.1) is 0 Å². The van der Waals surface area contributed by atoms with Crippen molar-refractivity contribution in [1.82, 2.24) is 9.80 Å². The van der Waals surface area contributed by atoms with Gasteiger partial charge in [-0.15, -0.1) is 0 Å². The van der Waals surface area contributed by atoms with E-state index in [-0.39, 0.29) is 88.6 Å². The number of hydrogen-bond donors (Lipinski definition) is 4. The van der Waals surface area contributed by atoms with Gasteiger partial charge in [0.05, 0.1) is 26.2 Å². The minimum absolute atomic E-state index is 0. The van der Waals surface area contributed by atoms with Crippen LogP contribution in [0.4, 0.5) is 0 Å². The molecule has 0 fully saturated rings. The van der Waals surface area contributed by atoms with E-state index in [2.05, 4.69) is 0 Å². The van der Waals surface area contributed by atoms with E-state index >= 15 is 0 Å². The first kappa shape index (κ1) is 39.7. The van der Waals surface area contributed by atoms with Crippen LogP contribution in [0.1, 0.15) is 0 Å². The zero-order valence-corrected chi connectivity index (χ0v) is 18.1. The van der Waals surface area contributed by atoms with Crippen molar-refractivity contribution in [3.8, 4) is 0 Å². The molecule has 0 heterocycles. The van der Waals surface area contributed by atoms with Crippen LogP contribution in [0.25, 0.3) is 0 Å². The van der Waals surface area contributed by atoms with Crippen LogP contribution in [-0.2, 0) is 19.2 Å². The zero-order valence-electron chi connectivity index (χ0n) is 14.1. The van der Waals surface area contributed by atoms with Crippen molar-refractivity contribution in [3.05, 3.63) is 0 Å². The second-order valence-electron chi connectivity index (χ2n) is 4.00. The fourth-order valence-corrected chi connectivity index (χ4v) is 1.48. The Morgan fingerprint density at radius 1 is 0.520 bits per heavy atom. The summed E-state index contributed by atoms with van der Waals surface area (Å²) in [6, 6.07) is 0. The topological polar surface area (TPSA) is 250 Å². The number of carbonyl (C=O) groups is 4. The maximum absolute atomic E-state index is 10.6. The van der Waals surface area contributed by atoms with E-state index in [1.807, 2.05) is 0 Å². The Labute approximate surface area is 187 Å². The summed E-state index contributed by atoms with van der Waals surface area (Å²) in [5, 5.41) is 34.5. The van der Waals surface area contributed by atoms with Gasteiger partial charge in [0.15, 0.2) is 0 Å². The summed E-state index contributed by atoms with van der Waals surface area (Å²) in [4.78, 5) is 44.4. The maximum Gasteiger partial charge on any atom is 0.317 e. The molecule has 0 saturated heterocycles. The first-order chi connectivity index (χ1) is 9.20. The smallest absolute Gasteiger partial charge is 0.317 e. The first-order valence-corrected chi connectivity index (χ1v) is 5.52. The number of rotatable bonds is 11. The SMILES string of the molecule is O.O.O.O=C(O)CN(CCN(CC(=O)O)CC(=O)O)CC(=O)O.[Na].[Na]. The number of carboxylic acids is 4. The molecule has 10 N–H and O–H groups in total. The number of carboxylic acid groups (broad SMARTS) is 4. The van der Waals surface area contributed by atoms with E-state index in [9.17, 15) is 19.2 Å². The molecule has 13 nitrogen and oxygen atoms in total. The van der Waals surface area contributed by atoms with Gasteiger partial charge in [0.25, 0.3) is 0 Å². The molecule has 0 aromatic heterocycles. The summed E-state index contributed by atoms with van der Waals surface area (Å²) in [5.74, 6) is -4.91. The van der Waals surface area contributed by atoms with Crippen LogP contribution in [0.15, 0.2) is 0 Å². The largest absolute Gasteiger partial charge is 0.480 e. The Bertz CT molecular complexity index is 329. The van der Waals surface area contributed by atoms with E-state index < -0.39 is 50.1 Å². The molecular formula is C10H22N2Na2O11. The van der Waals surface area contributed by atoms with Crippen LogP contribution in [0.5, 0.6) is 0 Å². The van der Waals surface area contributed by atoms with Crippen molar-refractivity contribution in [2.24, 2.45) is 0 Å². The van der Waals surface area contributed by atoms with Gasteiger partial charge in [-0.05, 0) is 0 Å². The number of hydrogen-bond acceptors (Lipinski definition) is 6. The molecule has 0 atom stereocenters. The van der Waals surface area contributed by atoms with Crippen LogP contribution < -0.4 is 0 Å². The summed E-state index contributed by atoms with van der Waals surface area (Å²) in [6.45, 7) is -2.25. The molecular weight excluding hydrogens is 370 g/mol. The molecule has 0 aromatic carbocycles. The Morgan fingerprint density at radius 3 is 0.800 bits per heavy atom. The van der Waals surface area contributed by atoms with Crippen molar-refractivity contribution in [1.29, 1.82) is 0 Å². The molecule has 140 valence electrons. The standard InChI is InChI=1S/C10H16N2O8.2Na.3H2O/c13-7(14)3-11(4-8(15)16)1-2-12(5-9(17)18)6-10(19)20;;;;;/h1-6H2,(H,13,14)(H,15,16)(H,17,18)(H,19,20);;;3*1H2. The van der Waals surface area contributed by atoms with Gasteiger partial charge < -0.3 is 36.9 Å². The van der Waals surface area contributed by atoms with Gasteiger partial charge in [0.2, 0.25) is 0 Å². The molecule has 0 rings (SSSR count). The molecule has 0 unspecified atom stereocenters. The number of nitrogens with zero attached hydrogens (tertiary/aromatic N) is 2. The molecule has 0 aliphatic carbocycles. The van der Waals surface area contributed by atoms with E-state index in [1.54, 1.807) is 0 Å². The third-order valence-corrected chi connectivity index (χ3v) is 2.17. The van der Waals surface area contributed by atoms with Crippen molar-refractivity contribution in [3.63, 3.8) is 0 Å². The number of aliphatic carboxylic acids is 4. The first-order valence-electron chi connectivity index (χ1n) is 5.52. The Morgan fingerprint density at radius 2 is 0.680 bits per heavy atom. The van der Waals surface area contributed by atoms with Gasteiger partial charge in [-0.1, -0.05) is 0 Å². The van der Waals surface area contributed by atoms with Crippen LogP contribution in [0.3, 0.4) is 0 Å². The average molecular weight is 392 g/mol. The fourth-order valence-electron chi connectivity index (χ4n) is 1.48. The zero-order chi connectivity index (χ0) is 15.7. The molecule has 15 heteroatoms. The van der Waals surface area contributed by atoms with Crippen molar-refractivity contribution in [2.75, 3.05) is 39.3 Å². The molecule has 25 heavy (non-hydrogen) atoms. The third kappa shape index (κ3) is 26.0. The molecule has 0 spiro atoms. The summed E-state index contributed by atoms with van der Waals surface area (Å²) in [7, 11) is 0. The molecule has 0 bridgehead atoms. The summed E-state index contributed by atoms with van der Waals surface area (Å²) in [5.41, 5.74) is 0. The van der Waals surface area contributed by atoms with E-state index in [0.29, 0.717) is 0 Å². The van der Waals surface area contributed by atoms with E-state index in [0.717, 1.165) is 9.80 Å². The molecule has 0 aromatic rings. The van der Waals surface area contributed by atoms with Gasteiger partial charge >= 0.3 is 23.9 Å². The Kier molecular flexibility index (Phi) is 34.5. The van der Waals surface area contributed by atoms with E-state index in [1.165, 1.54) is 0 Å². The second kappa shape index (κ2) is 21.7. The monoisotopic (exact) mass is 392 g/mol. The van der Waals surface area contributed by atoms with Gasteiger partial charge in [-0.25, -0.2) is 0 Å². The van der Waals surface area contributed by atoms with Crippen molar-refractivity contribution in [2.45, 2.75) is 0 Å². The molecule has 0 aliphatic rings. The molecule has 0 amide bonds. The quantitative estimate of drug-likeness (QED) is 0.243. The predicted molar refractivity (Wildman–Crippen MR) is 85.8 cm³/mol. The fraction of sp³-hybridized carbons (Fsp3) is 0.600. The Hall–Kier alpha value is -0.320. The van der Waals surface area contributed by atoms with Crippen LogP contribution in [-0.4, -0.2) is 169 Å².